The Balaban J connectivity index is 1.64. The van der Waals surface area contributed by atoms with Gasteiger partial charge in [0.1, 0.15) is 11.5 Å². The Kier molecular flexibility index (Phi) is 4.24. The van der Waals surface area contributed by atoms with Crippen molar-refractivity contribution in [1.82, 2.24) is 10.2 Å². The topological polar surface area (TPSA) is 28.4 Å². The minimum atomic E-state index is 0.903. The summed E-state index contributed by atoms with van der Waals surface area (Å²) in [4.78, 5) is 4.04. The fourth-order valence-electron chi connectivity index (χ4n) is 2.76. The Bertz CT molecular complexity index is 573. The summed E-state index contributed by atoms with van der Waals surface area (Å²) < 4.78 is 5.90. The molecule has 4 heteroatoms. The summed E-state index contributed by atoms with van der Waals surface area (Å²) in [6.45, 7) is 9.19. The Morgan fingerprint density at radius 3 is 3.20 bits per heavy atom. The molecule has 3 rings (SSSR count). The van der Waals surface area contributed by atoms with Crippen LogP contribution in [-0.2, 0) is 26.1 Å². The van der Waals surface area contributed by atoms with Crippen molar-refractivity contribution in [2.24, 2.45) is 0 Å². The third-order valence-electron chi connectivity index (χ3n) is 3.90. The van der Waals surface area contributed by atoms with Gasteiger partial charge in [-0.1, -0.05) is 6.92 Å². The maximum Gasteiger partial charge on any atom is 0.118 e. The van der Waals surface area contributed by atoms with Gasteiger partial charge in [-0.3, -0.25) is 4.90 Å². The maximum atomic E-state index is 5.90. The number of nitrogens with zero attached hydrogens (tertiary/aromatic N) is 1. The van der Waals surface area contributed by atoms with E-state index in [0.29, 0.717) is 0 Å². The van der Waals surface area contributed by atoms with Crippen LogP contribution in [0, 0.1) is 6.92 Å². The monoisotopic (exact) mass is 290 g/mol. The van der Waals surface area contributed by atoms with Crippen molar-refractivity contribution < 1.29 is 4.42 Å². The van der Waals surface area contributed by atoms with E-state index >= 15 is 0 Å². The van der Waals surface area contributed by atoms with Gasteiger partial charge in [-0.2, -0.15) is 0 Å². The summed E-state index contributed by atoms with van der Waals surface area (Å²) in [6, 6.07) is 4.47. The van der Waals surface area contributed by atoms with Gasteiger partial charge in [-0.05, 0) is 43.0 Å². The van der Waals surface area contributed by atoms with Crippen molar-refractivity contribution in [3.05, 3.63) is 45.0 Å². The zero-order chi connectivity index (χ0) is 13.9. The molecule has 0 bridgehead atoms. The second-order valence-electron chi connectivity index (χ2n) is 5.40. The van der Waals surface area contributed by atoms with Crippen LogP contribution in [-0.4, -0.2) is 18.0 Å². The van der Waals surface area contributed by atoms with Crippen LogP contribution in [0.5, 0.6) is 0 Å². The van der Waals surface area contributed by atoms with Gasteiger partial charge < -0.3 is 9.73 Å². The zero-order valence-electron chi connectivity index (χ0n) is 12.2. The van der Waals surface area contributed by atoms with Crippen LogP contribution in [0.1, 0.15) is 34.4 Å². The average Bonchev–Trinajstić information content (AvgIpc) is 3.03. The first-order valence-electron chi connectivity index (χ1n) is 7.32. The normalized spacial score (nSPS) is 15.5. The van der Waals surface area contributed by atoms with E-state index in [1.54, 1.807) is 4.88 Å². The zero-order valence-corrected chi connectivity index (χ0v) is 13.1. The molecule has 0 spiro atoms. The molecule has 3 nitrogen and oxygen atoms in total. The van der Waals surface area contributed by atoms with Crippen LogP contribution in [0.3, 0.4) is 0 Å². The van der Waals surface area contributed by atoms with E-state index in [4.69, 9.17) is 4.42 Å². The molecule has 0 atom stereocenters. The molecule has 2 aromatic heterocycles. The molecule has 0 unspecified atom stereocenters. The van der Waals surface area contributed by atoms with Crippen LogP contribution in [0.2, 0.25) is 0 Å². The molecular weight excluding hydrogens is 268 g/mol. The van der Waals surface area contributed by atoms with Crippen LogP contribution in [0.15, 0.2) is 21.9 Å². The van der Waals surface area contributed by atoms with Gasteiger partial charge in [0.15, 0.2) is 0 Å². The lowest BCUT2D eigenvalue weighted by Crippen LogP contribution is -2.28. The van der Waals surface area contributed by atoms with Gasteiger partial charge in [-0.25, -0.2) is 0 Å². The molecule has 108 valence electrons. The number of thiophene rings is 1. The summed E-state index contributed by atoms with van der Waals surface area (Å²) in [6.07, 6.45) is 1.18. The molecule has 0 saturated heterocycles. The van der Waals surface area contributed by atoms with Crippen LogP contribution in [0.25, 0.3) is 0 Å². The summed E-state index contributed by atoms with van der Waals surface area (Å²) in [5, 5.41) is 5.57. The third-order valence-corrected chi connectivity index (χ3v) is 4.93. The minimum absolute atomic E-state index is 0.903. The van der Waals surface area contributed by atoms with E-state index in [2.05, 4.69) is 41.6 Å². The highest BCUT2D eigenvalue weighted by Gasteiger charge is 2.18. The van der Waals surface area contributed by atoms with E-state index in [-0.39, 0.29) is 0 Å². The number of rotatable bonds is 5. The van der Waals surface area contributed by atoms with Crippen molar-refractivity contribution in [1.29, 1.82) is 0 Å². The Hall–Kier alpha value is -1.10. The van der Waals surface area contributed by atoms with Crippen molar-refractivity contribution in [2.45, 2.75) is 39.9 Å². The number of nitrogens with one attached hydrogen (secondary N) is 1. The number of fused-ring (bicyclic) bond motifs is 1. The summed E-state index contributed by atoms with van der Waals surface area (Å²) in [5.74, 6) is 2.14. The molecule has 1 aliphatic rings. The van der Waals surface area contributed by atoms with Crippen molar-refractivity contribution in [3.8, 4) is 0 Å². The predicted octanol–water partition coefficient (Wildman–Crippen LogP) is 3.32. The van der Waals surface area contributed by atoms with Crippen molar-refractivity contribution in [3.63, 3.8) is 0 Å². The first-order chi connectivity index (χ1) is 9.76. The SMILES string of the molecule is CCNCc1cc(CN2CCc3sccc3C2)oc1C. The highest BCUT2D eigenvalue weighted by Crippen LogP contribution is 2.25. The highest BCUT2D eigenvalue weighted by molar-refractivity contribution is 7.10. The molecule has 3 heterocycles. The largest absolute Gasteiger partial charge is 0.465 e. The smallest absolute Gasteiger partial charge is 0.118 e. The van der Waals surface area contributed by atoms with Crippen molar-refractivity contribution >= 4 is 11.3 Å². The fourth-order valence-corrected chi connectivity index (χ4v) is 3.65. The van der Waals surface area contributed by atoms with Gasteiger partial charge in [0, 0.05) is 30.1 Å². The van der Waals surface area contributed by atoms with Crippen LogP contribution >= 0.6 is 11.3 Å². The van der Waals surface area contributed by atoms with Gasteiger partial charge in [-0.15, -0.1) is 11.3 Å². The Morgan fingerprint density at radius 1 is 1.45 bits per heavy atom. The number of furan rings is 1. The van der Waals surface area contributed by atoms with E-state index < -0.39 is 0 Å². The minimum Gasteiger partial charge on any atom is -0.465 e. The van der Waals surface area contributed by atoms with E-state index in [1.807, 2.05) is 11.3 Å². The summed E-state index contributed by atoms with van der Waals surface area (Å²) in [5.41, 5.74) is 2.78. The van der Waals surface area contributed by atoms with Crippen molar-refractivity contribution in [2.75, 3.05) is 13.1 Å². The standard InChI is InChI=1S/C16H22N2OS/c1-3-17-9-14-8-15(19-12(14)2)11-18-6-4-16-13(10-18)5-7-20-16/h5,7-8,17H,3-4,6,9-11H2,1-2H3. The molecule has 20 heavy (non-hydrogen) atoms. The average molecular weight is 290 g/mol. The lowest BCUT2D eigenvalue weighted by molar-refractivity contribution is 0.226. The predicted molar refractivity (Wildman–Crippen MR) is 83.0 cm³/mol. The first-order valence-corrected chi connectivity index (χ1v) is 8.20. The molecule has 0 aliphatic carbocycles. The lowest BCUT2D eigenvalue weighted by atomic mass is 10.1. The molecule has 0 radical (unpaired) electrons. The van der Waals surface area contributed by atoms with Gasteiger partial charge in [0.25, 0.3) is 0 Å². The first kappa shape index (κ1) is 13.9. The molecule has 0 amide bonds. The lowest BCUT2D eigenvalue weighted by Gasteiger charge is -2.25. The maximum absolute atomic E-state index is 5.90. The fraction of sp³-hybridized carbons (Fsp3) is 0.500. The second-order valence-corrected chi connectivity index (χ2v) is 6.40. The molecular formula is C16H22N2OS. The van der Waals surface area contributed by atoms with Gasteiger partial charge in [0.2, 0.25) is 0 Å². The second kappa shape index (κ2) is 6.12. The quantitative estimate of drug-likeness (QED) is 0.915. The molecule has 0 saturated carbocycles. The number of aryl methyl sites for hydroxylation is 1. The number of hydrogen-bond acceptors (Lipinski definition) is 4. The van der Waals surface area contributed by atoms with Gasteiger partial charge >= 0.3 is 0 Å². The molecule has 2 aromatic rings. The highest BCUT2D eigenvalue weighted by atomic mass is 32.1. The van der Waals surface area contributed by atoms with Crippen LogP contribution < -0.4 is 5.32 Å². The Morgan fingerprint density at radius 2 is 2.35 bits per heavy atom. The van der Waals surface area contributed by atoms with E-state index in [9.17, 15) is 0 Å². The molecule has 1 aliphatic heterocycles. The molecule has 0 fully saturated rings. The summed E-state index contributed by atoms with van der Waals surface area (Å²) in [7, 11) is 0. The number of hydrogen-bond donors (Lipinski definition) is 1. The van der Waals surface area contributed by atoms with E-state index in [1.165, 1.54) is 17.5 Å². The Labute approximate surface area is 124 Å². The summed E-state index contributed by atoms with van der Waals surface area (Å²) >= 11 is 1.89. The van der Waals surface area contributed by atoms with E-state index in [0.717, 1.165) is 44.2 Å². The third kappa shape index (κ3) is 2.97. The van der Waals surface area contributed by atoms with Crippen LogP contribution in [0.4, 0.5) is 0 Å². The molecule has 1 N–H and O–H groups in total. The molecule has 0 aromatic carbocycles. The van der Waals surface area contributed by atoms with Gasteiger partial charge in [0.05, 0.1) is 6.54 Å².